The third kappa shape index (κ3) is 4.43. The van der Waals surface area contributed by atoms with Crippen LogP contribution in [0.1, 0.15) is 28.8 Å². The summed E-state index contributed by atoms with van der Waals surface area (Å²) in [6.45, 7) is 1.75. The minimum Gasteiger partial charge on any atom is -0.451 e. The Bertz CT molecular complexity index is 1140. The van der Waals surface area contributed by atoms with Gasteiger partial charge in [0.05, 0.1) is 17.8 Å². The van der Waals surface area contributed by atoms with Gasteiger partial charge in [0.25, 0.3) is 0 Å². The SMILES string of the molecule is Cc1oc(-c2ccccc2)nc1CC(=O)OC(c1cccc(F)c1)c1ccccn1. The Morgan fingerprint density at radius 1 is 1.07 bits per heavy atom. The second-order valence-corrected chi connectivity index (χ2v) is 6.74. The highest BCUT2D eigenvalue weighted by molar-refractivity contribution is 5.73. The van der Waals surface area contributed by atoms with Crippen LogP contribution in [0.4, 0.5) is 4.39 Å². The van der Waals surface area contributed by atoms with Gasteiger partial charge < -0.3 is 9.15 Å². The van der Waals surface area contributed by atoms with E-state index in [0.717, 1.165) is 5.56 Å². The maximum absolute atomic E-state index is 13.8. The quantitative estimate of drug-likeness (QED) is 0.422. The Morgan fingerprint density at radius 3 is 2.60 bits per heavy atom. The normalized spacial score (nSPS) is 11.8. The largest absolute Gasteiger partial charge is 0.451 e. The number of ether oxygens (including phenoxy) is 1. The first-order valence-corrected chi connectivity index (χ1v) is 9.48. The molecule has 6 heteroatoms. The van der Waals surface area contributed by atoms with Crippen molar-refractivity contribution in [1.82, 2.24) is 9.97 Å². The lowest BCUT2D eigenvalue weighted by molar-refractivity contribution is -0.147. The third-order valence-electron chi connectivity index (χ3n) is 4.58. The van der Waals surface area contributed by atoms with E-state index in [9.17, 15) is 9.18 Å². The highest BCUT2D eigenvalue weighted by Gasteiger charge is 2.23. The van der Waals surface area contributed by atoms with Gasteiger partial charge >= 0.3 is 5.97 Å². The van der Waals surface area contributed by atoms with E-state index in [-0.39, 0.29) is 6.42 Å². The van der Waals surface area contributed by atoms with Gasteiger partial charge in [-0.1, -0.05) is 36.4 Å². The van der Waals surface area contributed by atoms with Crippen molar-refractivity contribution in [2.75, 3.05) is 0 Å². The van der Waals surface area contributed by atoms with E-state index in [1.165, 1.54) is 12.1 Å². The molecule has 2 heterocycles. The van der Waals surface area contributed by atoms with E-state index < -0.39 is 17.9 Å². The predicted octanol–water partition coefficient (Wildman–Crippen LogP) is 5.06. The number of rotatable bonds is 6. The number of carbonyl (C=O) groups excluding carboxylic acids is 1. The molecule has 1 atom stereocenters. The van der Waals surface area contributed by atoms with Crippen LogP contribution in [-0.2, 0) is 16.0 Å². The number of halogens is 1. The van der Waals surface area contributed by atoms with Crippen LogP contribution in [0, 0.1) is 12.7 Å². The molecule has 0 saturated carbocycles. The van der Waals surface area contributed by atoms with E-state index in [1.807, 2.05) is 30.3 Å². The molecule has 1 unspecified atom stereocenters. The zero-order valence-corrected chi connectivity index (χ0v) is 16.3. The Labute approximate surface area is 173 Å². The summed E-state index contributed by atoms with van der Waals surface area (Å²) in [7, 11) is 0. The molecule has 0 aliphatic rings. The lowest BCUT2D eigenvalue weighted by Gasteiger charge is -2.18. The van der Waals surface area contributed by atoms with Gasteiger partial charge in [-0.2, -0.15) is 0 Å². The minimum atomic E-state index is -0.824. The van der Waals surface area contributed by atoms with Crippen molar-refractivity contribution in [2.45, 2.75) is 19.4 Å². The lowest BCUT2D eigenvalue weighted by Crippen LogP contribution is -2.16. The number of benzene rings is 2. The molecule has 4 rings (SSSR count). The van der Waals surface area contributed by atoms with E-state index in [4.69, 9.17) is 9.15 Å². The predicted molar refractivity (Wildman–Crippen MR) is 109 cm³/mol. The lowest BCUT2D eigenvalue weighted by atomic mass is 10.1. The summed E-state index contributed by atoms with van der Waals surface area (Å²) in [4.78, 5) is 21.4. The van der Waals surface area contributed by atoms with Gasteiger partial charge in [0.15, 0.2) is 6.10 Å². The smallest absolute Gasteiger partial charge is 0.313 e. The molecule has 0 aliphatic carbocycles. The van der Waals surface area contributed by atoms with Gasteiger partial charge in [-0.15, -0.1) is 0 Å². The third-order valence-corrected chi connectivity index (χ3v) is 4.58. The first-order chi connectivity index (χ1) is 14.6. The Balaban J connectivity index is 1.56. The highest BCUT2D eigenvalue weighted by atomic mass is 19.1. The maximum atomic E-state index is 13.8. The minimum absolute atomic E-state index is 0.0686. The Kier molecular flexibility index (Phi) is 5.66. The van der Waals surface area contributed by atoms with Gasteiger partial charge in [-0.25, -0.2) is 9.37 Å². The van der Waals surface area contributed by atoms with Crippen LogP contribution in [0.5, 0.6) is 0 Å². The average molecular weight is 402 g/mol. The van der Waals surface area contributed by atoms with Gasteiger partial charge in [0, 0.05) is 17.3 Å². The number of carbonyl (C=O) groups is 1. The molecule has 0 N–H and O–H groups in total. The summed E-state index contributed by atoms with van der Waals surface area (Å²) in [6, 6.07) is 20.7. The van der Waals surface area contributed by atoms with E-state index in [0.29, 0.717) is 28.6 Å². The summed E-state index contributed by atoms with van der Waals surface area (Å²) in [6.07, 6.45) is 0.708. The standard InChI is InChI=1S/C24H19FN2O3/c1-16-21(27-24(29-16)17-8-3-2-4-9-17)15-22(28)30-23(20-12-5-6-13-26-20)18-10-7-11-19(25)14-18/h2-14,23H,15H2,1H3. The summed E-state index contributed by atoms with van der Waals surface area (Å²) in [5, 5.41) is 0. The van der Waals surface area contributed by atoms with Gasteiger partial charge in [0.2, 0.25) is 5.89 Å². The monoisotopic (exact) mass is 402 g/mol. The van der Waals surface area contributed by atoms with Crippen molar-refractivity contribution in [3.63, 3.8) is 0 Å². The van der Waals surface area contributed by atoms with Crippen LogP contribution < -0.4 is 0 Å². The molecule has 2 aromatic carbocycles. The summed E-state index contributed by atoms with van der Waals surface area (Å²) >= 11 is 0. The van der Waals surface area contributed by atoms with E-state index in [2.05, 4.69) is 9.97 Å². The van der Waals surface area contributed by atoms with Crippen LogP contribution in [-0.4, -0.2) is 15.9 Å². The average Bonchev–Trinajstić information content (AvgIpc) is 3.13. The molecule has 0 radical (unpaired) electrons. The number of esters is 1. The van der Waals surface area contributed by atoms with Crippen molar-refractivity contribution >= 4 is 5.97 Å². The number of hydrogen-bond donors (Lipinski definition) is 0. The molecule has 30 heavy (non-hydrogen) atoms. The molecule has 0 fully saturated rings. The van der Waals surface area contributed by atoms with Crippen LogP contribution in [0.2, 0.25) is 0 Å². The fraction of sp³-hybridized carbons (Fsp3) is 0.125. The Morgan fingerprint density at radius 2 is 1.87 bits per heavy atom. The number of nitrogens with zero attached hydrogens (tertiary/aromatic N) is 2. The molecule has 0 saturated heterocycles. The molecule has 0 bridgehead atoms. The molecule has 5 nitrogen and oxygen atoms in total. The van der Waals surface area contributed by atoms with Gasteiger partial charge in [-0.05, 0) is 43.3 Å². The Hall–Kier alpha value is -3.80. The number of aryl methyl sites for hydroxylation is 1. The van der Waals surface area contributed by atoms with Crippen LogP contribution in [0.25, 0.3) is 11.5 Å². The van der Waals surface area contributed by atoms with Crippen molar-refractivity contribution in [3.8, 4) is 11.5 Å². The molecular formula is C24H19FN2O3. The number of oxazole rings is 1. The summed E-state index contributed by atoms with van der Waals surface area (Å²) in [5.41, 5.74) is 2.34. The topological polar surface area (TPSA) is 65.2 Å². The molecule has 4 aromatic rings. The van der Waals surface area contributed by atoms with E-state index in [1.54, 1.807) is 43.5 Å². The molecule has 150 valence electrons. The number of pyridine rings is 1. The molecule has 0 amide bonds. The fourth-order valence-corrected chi connectivity index (χ4v) is 3.11. The number of hydrogen-bond acceptors (Lipinski definition) is 5. The summed E-state index contributed by atoms with van der Waals surface area (Å²) < 4.78 is 25.2. The van der Waals surface area contributed by atoms with Crippen molar-refractivity contribution in [3.05, 3.63) is 108 Å². The van der Waals surface area contributed by atoms with Crippen LogP contribution in [0.15, 0.2) is 83.4 Å². The highest BCUT2D eigenvalue weighted by Crippen LogP contribution is 2.27. The van der Waals surface area contributed by atoms with Crippen molar-refractivity contribution in [1.29, 1.82) is 0 Å². The molecule has 0 aliphatic heterocycles. The molecular weight excluding hydrogens is 383 g/mol. The first-order valence-electron chi connectivity index (χ1n) is 9.48. The zero-order valence-electron chi connectivity index (χ0n) is 16.3. The van der Waals surface area contributed by atoms with Gasteiger partial charge in [-0.3, -0.25) is 9.78 Å². The van der Waals surface area contributed by atoms with Crippen molar-refractivity contribution < 1.29 is 18.3 Å². The van der Waals surface area contributed by atoms with Crippen LogP contribution in [0.3, 0.4) is 0 Å². The second-order valence-electron chi connectivity index (χ2n) is 6.74. The zero-order chi connectivity index (χ0) is 20.9. The van der Waals surface area contributed by atoms with Crippen molar-refractivity contribution in [2.24, 2.45) is 0 Å². The number of aromatic nitrogens is 2. The molecule has 0 spiro atoms. The fourth-order valence-electron chi connectivity index (χ4n) is 3.11. The van der Waals surface area contributed by atoms with Crippen LogP contribution >= 0.6 is 0 Å². The maximum Gasteiger partial charge on any atom is 0.313 e. The first kappa shape index (κ1) is 19.5. The second kappa shape index (κ2) is 8.69. The molecule has 2 aromatic heterocycles. The van der Waals surface area contributed by atoms with Gasteiger partial charge in [0.1, 0.15) is 11.6 Å². The van der Waals surface area contributed by atoms with E-state index >= 15 is 0 Å². The summed E-state index contributed by atoms with van der Waals surface area (Å²) in [5.74, 6) is 0.0727.